The van der Waals surface area contributed by atoms with Crippen molar-refractivity contribution in [1.82, 2.24) is 5.32 Å². The number of thioether (sulfide) groups is 1. The number of furan rings is 1. The van der Waals surface area contributed by atoms with Crippen molar-refractivity contribution < 1.29 is 14.3 Å². The molecule has 0 aliphatic carbocycles. The van der Waals surface area contributed by atoms with E-state index in [1.165, 1.54) is 6.07 Å². The van der Waals surface area contributed by atoms with Crippen molar-refractivity contribution in [2.45, 2.75) is 5.75 Å². The van der Waals surface area contributed by atoms with E-state index in [1.54, 1.807) is 30.2 Å². The van der Waals surface area contributed by atoms with Crippen molar-refractivity contribution in [3.8, 4) is 5.75 Å². The van der Waals surface area contributed by atoms with E-state index in [9.17, 15) is 9.90 Å². The highest BCUT2D eigenvalue weighted by Gasteiger charge is 2.10. The van der Waals surface area contributed by atoms with Gasteiger partial charge in [0.05, 0.1) is 17.6 Å². The summed E-state index contributed by atoms with van der Waals surface area (Å²) in [6.45, 7) is 0.538. The average Bonchev–Trinajstić information content (AvgIpc) is 2.94. The molecule has 0 spiro atoms. The third kappa shape index (κ3) is 4.31. The normalized spacial score (nSPS) is 10.4. The first-order valence-corrected chi connectivity index (χ1v) is 7.98. The first-order chi connectivity index (χ1) is 9.66. The molecular weight excluding hydrogens is 342 g/mol. The van der Waals surface area contributed by atoms with E-state index in [-0.39, 0.29) is 17.2 Å². The predicted octanol–water partition coefficient (Wildman–Crippen LogP) is 3.41. The molecule has 0 saturated carbocycles. The Labute approximate surface area is 129 Å². The fourth-order valence-electron chi connectivity index (χ4n) is 1.59. The summed E-state index contributed by atoms with van der Waals surface area (Å²) in [4.78, 5) is 11.9. The smallest absolute Gasteiger partial charge is 0.255 e. The lowest BCUT2D eigenvalue weighted by Crippen LogP contribution is -2.25. The molecule has 0 aliphatic heterocycles. The maximum absolute atomic E-state index is 11.9. The quantitative estimate of drug-likeness (QED) is 0.779. The Hall–Kier alpha value is -1.40. The minimum Gasteiger partial charge on any atom is -0.507 e. The van der Waals surface area contributed by atoms with Gasteiger partial charge in [-0.2, -0.15) is 11.8 Å². The maximum Gasteiger partial charge on any atom is 0.255 e. The van der Waals surface area contributed by atoms with E-state index in [0.29, 0.717) is 6.54 Å². The molecule has 2 N–H and O–H groups in total. The molecule has 1 aromatic heterocycles. The molecule has 0 radical (unpaired) electrons. The van der Waals surface area contributed by atoms with E-state index < -0.39 is 0 Å². The fraction of sp³-hybridized carbons (Fsp3) is 0.214. The Kier molecular flexibility index (Phi) is 5.55. The van der Waals surface area contributed by atoms with Crippen molar-refractivity contribution in [1.29, 1.82) is 0 Å². The van der Waals surface area contributed by atoms with Gasteiger partial charge in [0.2, 0.25) is 0 Å². The summed E-state index contributed by atoms with van der Waals surface area (Å²) in [6, 6.07) is 8.55. The second-order valence-corrected chi connectivity index (χ2v) is 6.07. The van der Waals surface area contributed by atoms with Crippen molar-refractivity contribution >= 4 is 33.6 Å². The van der Waals surface area contributed by atoms with Crippen LogP contribution in [0, 0.1) is 0 Å². The summed E-state index contributed by atoms with van der Waals surface area (Å²) in [5.41, 5.74) is 0.274. The first-order valence-electron chi connectivity index (χ1n) is 6.03. The molecule has 0 saturated heterocycles. The fourth-order valence-corrected chi connectivity index (χ4v) is 2.71. The molecule has 0 bridgehead atoms. The average molecular weight is 356 g/mol. The zero-order chi connectivity index (χ0) is 14.4. The largest absolute Gasteiger partial charge is 0.507 e. The third-order valence-electron chi connectivity index (χ3n) is 2.56. The summed E-state index contributed by atoms with van der Waals surface area (Å²) in [5.74, 6) is 2.19. The van der Waals surface area contributed by atoms with Crippen LogP contribution < -0.4 is 5.32 Å². The van der Waals surface area contributed by atoms with E-state index in [1.807, 2.05) is 12.1 Å². The number of carbonyl (C=O) groups excluding carboxylic acids is 1. The summed E-state index contributed by atoms with van der Waals surface area (Å²) >= 11 is 4.95. The monoisotopic (exact) mass is 355 g/mol. The van der Waals surface area contributed by atoms with E-state index in [0.717, 1.165) is 21.7 Å². The second-order valence-electron chi connectivity index (χ2n) is 4.05. The van der Waals surface area contributed by atoms with Gasteiger partial charge in [-0.25, -0.2) is 0 Å². The number of hydrogen-bond donors (Lipinski definition) is 2. The maximum atomic E-state index is 11.9. The summed E-state index contributed by atoms with van der Waals surface area (Å²) in [6.07, 6.45) is 1.65. The molecule has 20 heavy (non-hydrogen) atoms. The molecule has 0 fully saturated rings. The zero-order valence-corrected chi connectivity index (χ0v) is 13.0. The van der Waals surface area contributed by atoms with Gasteiger partial charge in [-0.3, -0.25) is 4.79 Å². The Morgan fingerprint density at radius 3 is 3.00 bits per heavy atom. The van der Waals surface area contributed by atoms with Crippen LogP contribution in [0.1, 0.15) is 16.1 Å². The van der Waals surface area contributed by atoms with Gasteiger partial charge in [-0.05, 0) is 30.3 Å². The number of rotatable bonds is 6. The van der Waals surface area contributed by atoms with Crippen LogP contribution in [0.5, 0.6) is 5.75 Å². The lowest BCUT2D eigenvalue weighted by atomic mass is 10.2. The molecular formula is C14H14BrNO3S. The SMILES string of the molecule is O=C(NCCSCc1ccco1)c1cc(Br)ccc1O. The Morgan fingerprint density at radius 1 is 1.40 bits per heavy atom. The van der Waals surface area contributed by atoms with Gasteiger partial charge in [0.1, 0.15) is 11.5 Å². The van der Waals surface area contributed by atoms with Crippen LogP contribution in [0.3, 0.4) is 0 Å². The standard InChI is InChI=1S/C14H14BrNO3S/c15-10-3-4-13(17)12(8-10)14(18)16-5-7-20-9-11-2-1-6-19-11/h1-4,6,8,17H,5,7,9H2,(H,16,18). The van der Waals surface area contributed by atoms with Crippen LogP contribution in [-0.2, 0) is 5.75 Å². The van der Waals surface area contributed by atoms with Crippen molar-refractivity contribution in [2.75, 3.05) is 12.3 Å². The van der Waals surface area contributed by atoms with Crippen molar-refractivity contribution in [2.24, 2.45) is 0 Å². The highest BCUT2D eigenvalue weighted by atomic mass is 79.9. The van der Waals surface area contributed by atoms with Gasteiger partial charge in [-0.1, -0.05) is 15.9 Å². The van der Waals surface area contributed by atoms with Crippen LogP contribution >= 0.6 is 27.7 Å². The molecule has 2 aromatic rings. The van der Waals surface area contributed by atoms with Gasteiger partial charge in [0, 0.05) is 16.8 Å². The lowest BCUT2D eigenvalue weighted by molar-refractivity contribution is 0.0953. The summed E-state index contributed by atoms with van der Waals surface area (Å²) in [5, 5.41) is 12.4. The Balaban J connectivity index is 1.73. The summed E-state index contributed by atoms with van der Waals surface area (Å²) < 4.78 is 5.97. The Morgan fingerprint density at radius 2 is 2.25 bits per heavy atom. The number of carbonyl (C=O) groups is 1. The lowest BCUT2D eigenvalue weighted by Gasteiger charge is -2.07. The predicted molar refractivity (Wildman–Crippen MR) is 83.0 cm³/mol. The molecule has 0 unspecified atom stereocenters. The van der Waals surface area contributed by atoms with Gasteiger partial charge >= 0.3 is 0 Å². The van der Waals surface area contributed by atoms with Crippen molar-refractivity contribution in [3.63, 3.8) is 0 Å². The molecule has 1 amide bonds. The van der Waals surface area contributed by atoms with E-state index in [4.69, 9.17) is 4.42 Å². The highest BCUT2D eigenvalue weighted by Crippen LogP contribution is 2.21. The molecule has 2 rings (SSSR count). The summed E-state index contributed by atoms with van der Waals surface area (Å²) in [7, 11) is 0. The van der Waals surface area contributed by atoms with Crippen LogP contribution in [0.4, 0.5) is 0 Å². The van der Waals surface area contributed by atoms with Crippen LogP contribution in [0.2, 0.25) is 0 Å². The van der Waals surface area contributed by atoms with Gasteiger partial charge < -0.3 is 14.8 Å². The number of nitrogens with one attached hydrogen (secondary N) is 1. The molecule has 0 atom stereocenters. The number of amides is 1. The topological polar surface area (TPSA) is 62.5 Å². The van der Waals surface area contributed by atoms with Gasteiger partial charge in [0.25, 0.3) is 5.91 Å². The number of aromatic hydroxyl groups is 1. The van der Waals surface area contributed by atoms with Gasteiger partial charge in [0.15, 0.2) is 0 Å². The first kappa shape index (κ1) is 15.0. The van der Waals surface area contributed by atoms with Crippen LogP contribution in [-0.4, -0.2) is 23.3 Å². The van der Waals surface area contributed by atoms with Crippen LogP contribution in [0.15, 0.2) is 45.5 Å². The molecule has 6 heteroatoms. The number of halogens is 1. The number of hydrogen-bond acceptors (Lipinski definition) is 4. The Bertz CT molecular complexity index is 572. The second kappa shape index (κ2) is 7.40. The zero-order valence-electron chi connectivity index (χ0n) is 10.6. The minimum absolute atomic E-state index is 0.0195. The molecule has 1 aromatic carbocycles. The third-order valence-corrected chi connectivity index (χ3v) is 4.03. The molecule has 4 nitrogen and oxygen atoms in total. The van der Waals surface area contributed by atoms with Crippen molar-refractivity contribution in [3.05, 3.63) is 52.4 Å². The molecule has 106 valence electrons. The highest BCUT2D eigenvalue weighted by molar-refractivity contribution is 9.10. The number of phenolic OH excluding ortho intramolecular Hbond substituents is 1. The number of benzene rings is 1. The van der Waals surface area contributed by atoms with Gasteiger partial charge in [-0.15, -0.1) is 0 Å². The number of phenols is 1. The van der Waals surface area contributed by atoms with E-state index >= 15 is 0 Å². The minimum atomic E-state index is -0.276. The molecule has 1 heterocycles. The van der Waals surface area contributed by atoms with E-state index in [2.05, 4.69) is 21.2 Å². The molecule has 0 aliphatic rings. The van der Waals surface area contributed by atoms with Crippen LogP contribution in [0.25, 0.3) is 0 Å².